The second kappa shape index (κ2) is 4.83. The molecule has 1 N–H and O–H groups in total. The van der Waals surface area contributed by atoms with Crippen LogP contribution >= 0.6 is 0 Å². The molecule has 1 aromatic heterocycles. The highest BCUT2D eigenvalue weighted by Crippen LogP contribution is 2.40. The first-order valence-electron chi connectivity index (χ1n) is 7.55. The lowest BCUT2D eigenvalue weighted by molar-refractivity contribution is -0.127. The van der Waals surface area contributed by atoms with Gasteiger partial charge in [0, 0.05) is 37.7 Å². The Hall–Kier alpha value is -2.37. The Morgan fingerprint density at radius 3 is 2.91 bits per heavy atom. The van der Waals surface area contributed by atoms with E-state index < -0.39 is 0 Å². The molecule has 6 nitrogen and oxygen atoms in total. The van der Waals surface area contributed by atoms with Crippen molar-refractivity contribution in [2.24, 2.45) is 5.92 Å². The van der Waals surface area contributed by atoms with Crippen LogP contribution in [0.15, 0.2) is 22.6 Å². The Balaban J connectivity index is 1.51. The van der Waals surface area contributed by atoms with Gasteiger partial charge >= 0.3 is 0 Å². The van der Waals surface area contributed by atoms with Gasteiger partial charge in [-0.15, -0.1) is 0 Å². The molecular formula is C16H17N3O3. The molecule has 22 heavy (non-hydrogen) atoms. The lowest BCUT2D eigenvalue weighted by Crippen LogP contribution is -2.25. The third-order valence-electron chi connectivity index (χ3n) is 4.31. The fourth-order valence-corrected chi connectivity index (χ4v) is 2.81. The molecule has 1 saturated carbocycles. The third kappa shape index (κ3) is 2.34. The summed E-state index contributed by atoms with van der Waals surface area (Å²) in [6.45, 7) is 0.473. The summed E-state index contributed by atoms with van der Waals surface area (Å²) in [6, 6.07) is 5.47. The van der Waals surface area contributed by atoms with Crippen LogP contribution in [0.25, 0.3) is 11.1 Å². The second-order valence-corrected chi connectivity index (χ2v) is 6.17. The first kappa shape index (κ1) is 13.3. The summed E-state index contributed by atoms with van der Waals surface area (Å²) in [5.41, 5.74) is 2.19. The maximum atomic E-state index is 12.2. The van der Waals surface area contributed by atoms with Gasteiger partial charge in [-0.2, -0.15) is 0 Å². The van der Waals surface area contributed by atoms with Crippen LogP contribution in [0.3, 0.4) is 0 Å². The van der Waals surface area contributed by atoms with Crippen molar-refractivity contribution in [2.45, 2.75) is 25.2 Å². The number of likely N-dealkylation sites (tertiary alicyclic amines) is 1. The van der Waals surface area contributed by atoms with E-state index in [0.717, 1.165) is 24.2 Å². The number of fused-ring (bicyclic) bond motifs is 1. The molecule has 0 unspecified atom stereocenters. The summed E-state index contributed by atoms with van der Waals surface area (Å²) in [4.78, 5) is 29.8. The van der Waals surface area contributed by atoms with Crippen LogP contribution < -0.4 is 5.32 Å². The van der Waals surface area contributed by atoms with E-state index in [1.807, 2.05) is 12.1 Å². The zero-order chi connectivity index (χ0) is 15.3. The van der Waals surface area contributed by atoms with Crippen LogP contribution in [-0.2, 0) is 9.59 Å². The van der Waals surface area contributed by atoms with Crippen LogP contribution in [0.2, 0.25) is 0 Å². The van der Waals surface area contributed by atoms with Crippen molar-refractivity contribution < 1.29 is 14.0 Å². The van der Waals surface area contributed by atoms with E-state index in [2.05, 4.69) is 10.3 Å². The number of rotatable bonds is 3. The molecule has 4 rings (SSSR count). The molecule has 1 atom stereocenters. The number of benzene rings is 1. The summed E-state index contributed by atoms with van der Waals surface area (Å²) < 4.78 is 5.75. The molecule has 2 aromatic rings. The van der Waals surface area contributed by atoms with Crippen LogP contribution in [0.4, 0.5) is 5.69 Å². The minimum atomic E-state index is -0.287. The highest BCUT2D eigenvalue weighted by molar-refractivity contribution is 5.98. The van der Waals surface area contributed by atoms with Gasteiger partial charge in [0.25, 0.3) is 0 Å². The van der Waals surface area contributed by atoms with Crippen molar-refractivity contribution in [1.82, 2.24) is 9.88 Å². The van der Waals surface area contributed by atoms with E-state index >= 15 is 0 Å². The van der Waals surface area contributed by atoms with Crippen LogP contribution in [0.5, 0.6) is 0 Å². The number of oxazole rings is 1. The van der Waals surface area contributed by atoms with Crippen molar-refractivity contribution in [3.63, 3.8) is 0 Å². The first-order chi connectivity index (χ1) is 10.6. The molecule has 1 saturated heterocycles. The smallest absolute Gasteiger partial charge is 0.229 e. The standard InChI is InChI=1S/C16H17N3O3/c1-19-8-10(6-14(19)20)15(21)17-11-4-5-12-13(7-11)22-16(18-12)9-2-3-9/h4-5,7,9-10H,2-3,6,8H2,1H3,(H,17,21)/t10-/m0/s1. The minimum absolute atomic E-state index is 0.0138. The molecule has 0 radical (unpaired) electrons. The molecule has 6 heteroatoms. The summed E-state index contributed by atoms with van der Waals surface area (Å²) in [7, 11) is 1.72. The number of nitrogens with one attached hydrogen (secondary N) is 1. The van der Waals surface area contributed by atoms with Gasteiger partial charge in [-0.25, -0.2) is 4.98 Å². The predicted octanol–water partition coefficient (Wildman–Crippen LogP) is 2.12. The van der Waals surface area contributed by atoms with Crippen LogP contribution in [-0.4, -0.2) is 35.3 Å². The predicted molar refractivity (Wildman–Crippen MR) is 80.4 cm³/mol. The molecule has 1 aromatic carbocycles. The zero-order valence-electron chi connectivity index (χ0n) is 12.3. The molecular weight excluding hydrogens is 282 g/mol. The summed E-state index contributed by atoms with van der Waals surface area (Å²) >= 11 is 0. The van der Waals surface area contributed by atoms with Crippen molar-refractivity contribution in [3.8, 4) is 0 Å². The Kier molecular flexibility index (Phi) is 2.92. The molecule has 114 valence electrons. The largest absolute Gasteiger partial charge is 0.440 e. The number of hydrogen-bond donors (Lipinski definition) is 1. The number of aromatic nitrogens is 1. The molecule has 2 amide bonds. The number of hydrogen-bond acceptors (Lipinski definition) is 4. The molecule has 2 fully saturated rings. The van der Waals surface area contributed by atoms with E-state index in [9.17, 15) is 9.59 Å². The van der Waals surface area contributed by atoms with Gasteiger partial charge in [-0.1, -0.05) is 0 Å². The van der Waals surface area contributed by atoms with Crippen LogP contribution in [0.1, 0.15) is 31.1 Å². The lowest BCUT2D eigenvalue weighted by atomic mass is 10.1. The van der Waals surface area contributed by atoms with E-state index in [1.165, 1.54) is 0 Å². The van der Waals surface area contributed by atoms with E-state index in [0.29, 0.717) is 23.7 Å². The van der Waals surface area contributed by atoms with Gasteiger partial charge in [0.1, 0.15) is 5.52 Å². The van der Waals surface area contributed by atoms with Crippen molar-refractivity contribution in [3.05, 3.63) is 24.1 Å². The fraction of sp³-hybridized carbons (Fsp3) is 0.438. The molecule has 2 aliphatic rings. The lowest BCUT2D eigenvalue weighted by Gasteiger charge is -2.10. The van der Waals surface area contributed by atoms with Crippen molar-refractivity contribution in [2.75, 3.05) is 18.9 Å². The Morgan fingerprint density at radius 1 is 1.41 bits per heavy atom. The van der Waals surface area contributed by atoms with Gasteiger partial charge in [-0.05, 0) is 25.0 Å². The van der Waals surface area contributed by atoms with Crippen molar-refractivity contribution in [1.29, 1.82) is 0 Å². The number of carbonyl (C=O) groups excluding carboxylic acids is 2. The molecule has 0 bridgehead atoms. The van der Waals surface area contributed by atoms with Gasteiger partial charge in [0.2, 0.25) is 11.8 Å². The maximum absolute atomic E-state index is 12.2. The topological polar surface area (TPSA) is 75.4 Å². The summed E-state index contributed by atoms with van der Waals surface area (Å²) in [5, 5.41) is 2.87. The highest BCUT2D eigenvalue weighted by Gasteiger charge is 2.32. The van der Waals surface area contributed by atoms with Crippen molar-refractivity contribution >= 4 is 28.6 Å². The average molecular weight is 299 g/mol. The highest BCUT2D eigenvalue weighted by atomic mass is 16.3. The maximum Gasteiger partial charge on any atom is 0.229 e. The first-order valence-corrected chi connectivity index (χ1v) is 7.55. The normalized spacial score (nSPS) is 21.6. The summed E-state index contributed by atoms with van der Waals surface area (Å²) in [6.07, 6.45) is 2.55. The number of amides is 2. The molecule has 2 heterocycles. The van der Waals surface area contributed by atoms with Gasteiger partial charge in [-0.3, -0.25) is 9.59 Å². The average Bonchev–Trinajstić information content (AvgIpc) is 3.17. The fourth-order valence-electron chi connectivity index (χ4n) is 2.81. The zero-order valence-corrected chi connectivity index (χ0v) is 12.3. The Bertz CT molecular complexity index is 763. The SMILES string of the molecule is CN1C[C@@H](C(=O)Nc2ccc3nc(C4CC4)oc3c2)CC1=O. The second-order valence-electron chi connectivity index (χ2n) is 6.17. The van der Waals surface area contributed by atoms with Gasteiger partial charge in [0.05, 0.1) is 5.92 Å². The number of anilines is 1. The Labute approximate surface area is 127 Å². The molecule has 1 aliphatic carbocycles. The summed E-state index contributed by atoms with van der Waals surface area (Å²) in [5.74, 6) is 0.857. The molecule has 0 spiro atoms. The quantitative estimate of drug-likeness (QED) is 0.942. The Morgan fingerprint density at radius 2 is 2.23 bits per heavy atom. The van der Waals surface area contributed by atoms with E-state index in [1.54, 1.807) is 18.0 Å². The number of nitrogens with zero attached hydrogens (tertiary/aromatic N) is 2. The van der Waals surface area contributed by atoms with Gasteiger partial charge in [0.15, 0.2) is 11.5 Å². The molecule has 1 aliphatic heterocycles. The minimum Gasteiger partial charge on any atom is -0.440 e. The van der Waals surface area contributed by atoms with E-state index in [4.69, 9.17) is 4.42 Å². The van der Waals surface area contributed by atoms with E-state index in [-0.39, 0.29) is 24.2 Å². The van der Waals surface area contributed by atoms with Crippen LogP contribution in [0, 0.1) is 5.92 Å². The number of carbonyl (C=O) groups is 2. The van der Waals surface area contributed by atoms with Gasteiger partial charge < -0.3 is 14.6 Å². The third-order valence-corrected chi connectivity index (χ3v) is 4.31. The monoisotopic (exact) mass is 299 g/mol.